The Morgan fingerprint density at radius 2 is 2.43 bits per heavy atom. The number of nitrogen functional groups attached to an aromatic ring is 1. The first-order valence-corrected chi connectivity index (χ1v) is 4.33. The molecule has 1 aromatic rings. The number of ether oxygens (including phenoxy) is 1. The summed E-state index contributed by atoms with van der Waals surface area (Å²) in [6.07, 6.45) is 0. The number of carbonyl (C=O) groups excluding carboxylic acids is 1. The normalized spacial score (nSPS) is 13.5. The lowest BCUT2D eigenvalue weighted by molar-refractivity contribution is 0.0949. The Bertz CT molecular complexity index is 365. The van der Waals surface area contributed by atoms with Gasteiger partial charge in [0.1, 0.15) is 6.61 Å². The van der Waals surface area contributed by atoms with Crippen LogP contribution < -0.4 is 21.3 Å². The van der Waals surface area contributed by atoms with E-state index in [9.17, 15) is 4.79 Å². The van der Waals surface area contributed by atoms with Gasteiger partial charge in [-0.25, -0.2) is 5.84 Å². The van der Waals surface area contributed by atoms with Gasteiger partial charge < -0.3 is 10.1 Å². The van der Waals surface area contributed by atoms with E-state index in [0.29, 0.717) is 17.9 Å². The molecule has 1 aliphatic heterocycles. The van der Waals surface area contributed by atoms with Crippen molar-refractivity contribution >= 4 is 11.6 Å². The van der Waals surface area contributed by atoms with Crippen LogP contribution in [0.3, 0.4) is 0 Å². The summed E-state index contributed by atoms with van der Waals surface area (Å²) >= 11 is 0. The Balaban J connectivity index is 2.45. The molecule has 1 amide bonds. The maximum absolute atomic E-state index is 11.3. The molecule has 1 heterocycles. The van der Waals surface area contributed by atoms with Gasteiger partial charge in [-0.2, -0.15) is 0 Å². The minimum absolute atomic E-state index is 0.342. The average molecular weight is 193 g/mol. The van der Waals surface area contributed by atoms with Crippen molar-refractivity contribution in [1.29, 1.82) is 0 Å². The van der Waals surface area contributed by atoms with Crippen LogP contribution in [0, 0.1) is 0 Å². The fourth-order valence-corrected chi connectivity index (χ4v) is 1.43. The minimum atomic E-state index is -0.342. The van der Waals surface area contributed by atoms with E-state index in [-0.39, 0.29) is 5.91 Å². The van der Waals surface area contributed by atoms with Gasteiger partial charge in [-0.1, -0.05) is 6.07 Å². The first kappa shape index (κ1) is 8.83. The summed E-state index contributed by atoms with van der Waals surface area (Å²) in [6.45, 7) is 1.31. The average Bonchev–Trinajstić information content (AvgIpc) is 2.27. The van der Waals surface area contributed by atoms with Crippen LogP contribution in [0.5, 0.6) is 5.75 Å². The minimum Gasteiger partial charge on any atom is -0.489 e. The molecule has 2 rings (SSSR count). The number of carbonyl (C=O) groups is 1. The molecule has 0 fully saturated rings. The van der Waals surface area contributed by atoms with E-state index in [0.717, 1.165) is 12.2 Å². The SMILES string of the molecule is NNC(=O)c1cccc2c1OCCN2. The Morgan fingerprint density at radius 1 is 1.57 bits per heavy atom. The highest BCUT2D eigenvalue weighted by Crippen LogP contribution is 2.30. The summed E-state index contributed by atoms with van der Waals surface area (Å²) < 4.78 is 5.40. The monoisotopic (exact) mass is 193 g/mol. The lowest BCUT2D eigenvalue weighted by Gasteiger charge is -2.20. The zero-order valence-corrected chi connectivity index (χ0v) is 7.54. The van der Waals surface area contributed by atoms with Gasteiger partial charge in [0.25, 0.3) is 5.91 Å². The number of amides is 1. The zero-order valence-electron chi connectivity index (χ0n) is 7.54. The lowest BCUT2D eigenvalue weighted by atomic mass is 10.1. The number of nitrogens with two attached hydrogens (primary N) is 1. The molecule has 4 N–H and O–H groups in total. The third-order valence-corrected chi connectivity index (χ3v) is 2.05. The second-order valence-corrected chi connectivity index (χ2v) is 2.93. The summed E-state index contributed by atoms with van der Waals surface area (Å²) in [5.74, 6) is 5.29. The summed E-state index contributed by atoms with van der Waals surface area (Å²) in [6, 6.07) is 5.32. The smallest absolute Gasteiger partial charge is 0.269 e. The summed E-state index contributed by atoms with van der Waals surface area (Å²) in [4.78, 5) is 11.3. The van der Waals surface area contributed by atoms with Gasteiger partial charge in [-0.05, 0) is 12.1 Å². The van der Waals surface area contributed by atoms with E-state index < -0.39 is 0 Å². The first-order valence-electron chi connectivity index (χ1n) is 4.33. The number of hydrogen-bond acceptors (Lipinski definition) is 4. The molecule has 5 heteroatoms. The molecule has 0 unspecified atom stereocenters. The molecular formula is C9H11N3O2. The van der Waals surface area contributed by atoms with Crippen LogP contribution in [-0.4, -0.2) is 19.1 Å². The van der Waals surface area contributed by atoms with Crippen molar-refractivity contribution in [3.8, 4) is 5.75 Å². The van der Waals surface area contributed by atoms with Crippen molar-refractivity contribution in [3.63, 3.8) is 0 Å². The maximum atomic E-state index is 11.3. The van der Waals surface area contributed by atoms with Crippen LogP contribution in [-0.2, 0) is 0 Å². The Morgan fingerprint density at radius 3 is 3.21 bits per heavy atom. The quantitative estimate of drug-likeness (QED) is 0.336. The van der Waals surface area contributed by atoms with Crippen molar-refractivity contribution < 1.29 is 9.53 Å². The van der Waals surface area contributed by atoms with E-state index in [1.54, 1.807) is 12.1 Å². The lowest BCUT2D eigenvalue weighted by Crippen LogP contribution is -2.31. The topological polar surface area (TPSA) is 76.4 Å². The van der Waals surface area contributed by atoms with Gasteiger partial charge in [0, 0.05) is 6.54 Å². The van der Waals surface area contributed by atoms with Crippen LogP contribution in [0.1, 0.15) is 10.4 Å². The summed E-state index contributed by atoms with van der Waals surface area (Å²) in [5, 5.41) is 3.14. The number of rotatable bonds is 1. The largest absolute Gasteiger partial charge is 0.489 e. The highest BCUT2D eigenvalue weighted by molar-refractivity contribution is 5.98. The van der Waals surface area contributed by atoms with Gasteiger partial charge in [0.2, 0.25) is 0 Å². The van der Waals surface area contributed by atoms with Crippen LogP contribution in [0.2, 0.25) is 0 Å². The van der Waals surface area contributed by atoms with E-state index in [1.165, 1.54) is 0 Å². The molecular weight excluding hydrogens is 182 g/mol. The van der Waals surface area contributed by atoms with Gasteiger partial charge in [0.05, 0.1) is 11.3 Å². The first-order chi connectivity index (χ1) is 6.83. The van der Waals surface area contributed by atoms with E-state index in [1.807, 2.05) is 6.07 Å². The molecule has 0 saturated carbocycles. The van der Waals surface area contributed by atoms with Crippen LogP contribution >= 0.6 is 0 Å². The third-order valence-electron chi connectivity index (χ3n) is 2.05. The highest BCUT2D eigenvalue weighted by atomic mass is 16.5. The Kier molecular flexibility index (Phi) is 2.24. The number of hydrogen-bond donors (Lipinski definition) is 3. The molecule has 1 aromatic carbocycles. The van der Waals surface area contributed by atoms with Gasteiger partial charge >= 0.3 is 0 Å². The number of para-hydroxylation sites is 1. The Labute approximate surface area is 81.2 Å². The van der Waals surface area contributed by atoms with Crippen molar-refractivity contribution in [2.24, 2.45) is 5.84 Å². The number of benzene rings is 1. The predicted octanol–water partition coefficient (Wildman–Crippen LogP) is 0.0944. The van der Waals surface area contributed by atoms with Crippen molar-refractivity contribution in [2.75, 3.05) is 18.5 Å². The molecule has 74 valence electrons. The number of anilines is 1. The summed E-state index contributed by atoms with van der Waals surface area (Å²) in [5.41, 5.74) is 3.37. The van der Waals surface area contributed by atoms with Crippen molar-refractivity contribution in [2.45, 2.75) is 0 Å². The number of fused-ring (bicyclic) bond motifs is 1. The second kappa shape index (κ2) is 3.55. The molecule has 0 spiro atoms. The van der Waals surface area contributed by atoms with Crippen LogP contribution in [0.15, 0.2) is 18.2 Å². The fraction of sp³-hybridized carbons (Fsp3) is 0.222. The fourth-order valence-electron chi connectivity index (χ4n) is 1.43. The summed E-state index contributed by atoms with van der Waals surface area (Å²) in [7, 11) is 0. The molecule has 1 aliphatic rings. The molecule has 0 atom stereocenters. The van der Waals surface area contributed by atoms with E-state index in [4.69, 9.17) is 10.6 Å². The molecule has 0 radical (unpaired) electrons. The van der Waals surface area contributed by atoms with Gasteiger partial charge in [-0.3, -0.25) is 10.2 Å². The zero-order chi connectivity index (χ0) is 9.97. The van der Waals surface area contributed by atoms with Crippen molar-refractivity contribution in [1.82, 2.24) is 5.43 Å². The number of nitrogens with one attached hydrogen (secondary N) is 2. The Hall–Kier alpha value is -1.75. The molecule has 0 aliphatic carbocycles. The van der Waals surface area contributed by atoms with E-state index in [2.05, 4.69) is 10.7 Å². The van der Waals surface area contributed by atoms with Crippen LogP contribution in [0.25, 0.3) is 0 Å². The standard InChI is InChI=1S/C9H11N3O2/c10-12-9(13)6-2-1-3-7-8(6)14-5-4-11-7/h1-3,11H,4-5,10H2,(H,12,13). The molecule has 0 aromatic heterocycles. The van der Waals surface area contributed by atoms with Gasteiger partial charge in [-0.15, -0.1) is 0 Å². The third kappa shape index (κ3) is 1.38. The number of hydrazine groups is 1. The second-order valence-electron chi connectivity index (χ2n) is 2.93. The van der Waals surface area contributed by atoms with Crippen molar-refractivity contribution in [3.05, 3.63) is 23.8 Å². The van der Waals surface area contributed by atoms with Gasteiger partial charge in [0.15, 0.2) is 5.75 Å². The maximum Gasteiger partial charge on any atom is 0.269 e. The molecule has 14 heavy (non-hydrogen) atoms. The molecule has 5 nitrogen and oxygen atoms in total. The molecule has 0 bridgehead atoms. The molecule has 0 saturated heterocycles. The highest BCUT2D eigenvalue weighted by Gasteiger charge is 2.17. The van der Waals surface area contributed by atoms with E-state index >= 15 is 0 Å². The predicted molar refractivity (Wildman–Crippen MR) is 52.1 cm³/mol. The van der Waals surface area contributed by atoms with Crippen LogP contribution in [0.4, 0.5) is 5.69 Å².